The van der Waals surface area contributed by atoms with Crippen LogP contribution in [0.2, 0.25) is 0 Å². The number of nitrogens with zero attached hydrogens (tertiary/aromatic N) is 3. The Morgan fingerprint density at radius 2 is 1.80 bits per heavy atom. The molecule has 1 fully saturated rings. The maximum absolute atomic E-state index is 13.7. The number of nitro groups is 1. The van der Waals surface area contributed by atoms with Crippen molar-refractivity contribution in [2.24, 2.45) is 0 Å². The Hall–Kier alpha value is -2.85. The number of aryl methyl sites for hydroxylation is 2. The van der Waals surface area contributed by atoms with E-state index < -0.39 is 14.9 Å². The Labute approximate surface area is 174 Å². The molecular formula is C20H22FN3O5S. The van der Waals surface area contributed by atoms with Gasteiger partial charge in [-0.05, 0) is 30.5 Å². The minimum absolute atomic E-state index is 0.0932. The van der Waals surface area contributed by atoms with Crippen molar-refractivity contribution >= 4 is 21.6 Å². The molecule has 1 aliphatic heterocycles. The molecule has 0 aliphatic carbocycles. The predicted octanol–water partition coefficient (Wildman–Crippen LogP) is 2.51. The zero-order valence-electron chi connectivity index (χ0n) is 16.5. The number of carbonyl (C=O) groups excluding carboxylic acids is 1. The van der Waals surface area contributed by atoms with E-state index in [4.69, 9.17) is 0 Å². The van der Waals surface area contributed by atoms with Crippen LogP contribution in [0.25, 0.3) is 0 Å². The number of sulfonamides is 1. The first-order valence-electron chi connectivity index (χ1n) is 9.46. The summed E-state index contributed by atoms with van der Waals surface area (Å²) in [6, 6.07) is 10.0. The van der Waals surface area contributed by atoms with Gasteiger partial charge in [0.2, 0.25) is 15.9 Å². The van der Waals surface area contributed by atoms with Gasteiger partial charge in [-0.1, -0.05) is 24.3 Å². The molecule has 0 N–H and O–H groups in total. The number of piperazine rings is 1. The van der Waals surface area contributed by atoms with Crippen molar-refractivity contribution in [1.82, 2.24) is 9.21 Å². The molecule has 0 aromatic heterocycles. The Kier molecular flexibility index (Phi) is 6.47. The zero-order valence-corrected chi connectivity index (χ0v) is 17.3. The van der Waals surface area contributed by atoms with Crippen LogP contribution < -0.4 is 0 Å². The second-order valence-electron chi connectivity index (χ2n) is 7.08. The summed E-state index contributed by atoms with van der Waals surface area (Å²) < 4.78 is 40.9. The molecule has 1 saturated heterocycles. The summed E-state index contributed by atoms with van der Waals surface area (Å²) in [4.78, 5) is 24.3. The fourth-order valence-corrected chi connectivity index (χ4v) is 5.06. The van der Waals surface area contributed by atoms with Gasteiger partial charge in [0.05, 0.1) is 9.82 Å². The predicted molar refractivity (Wildman–Crippen MR) is 108 cm³/mol. The lowest BCUT2D eigenvalue weighted by Gasteiger charge is -2.34. The van der Waals surface area contributed by atoms with Crippen molar-refractivity contribution in [1.29, 1.82) is 0 Å². The molecular weight excluding hydrogens is 413 g/mol. The molecule has 0 unspecified atom stereocenters. The van der Waals surface area contributed by atoms with Gasteiger partial charge in [-0.25, -0.2) is 12.8 Å². The quantitative estimate of drug-likeness (QED) is 0.513. The number of halogens is 1. The van der Waals surface area contributed by atoms with Crippen molar-refractivity contribution in [3.63, 3.8) is 0 Å². The van der Waals surface area contributed by atoms with Gasteiger partial charge in [0.1, 0.15) is 5.82 Å². The molecule has 1 heterocycles. The van der Waals surface area contributed by atoms with Crippen LogP contribution in [0, 0.1) is 22.9 Å². The molecule has 30 heavy (non-hydrogen) atoms. The lowest BCUT2D eigenvalue weighted by Crippen LogP contribution is -2.50. The summed E-state index contributed by atoms with van der Waals surface area (Å²) in [5.41, 5.74) is 0.596. The first kappa shape index (κ1) is 21.8. The summed E-state index contributed by atoms with van der Waals surface area (Å²) >= 11 is 0. The standard InChI is InChI=1S/C20H22FN3O5S/c1-15-6-8-17(24(26)27)14-19(15)30(28,29)23-12-10-22(11-13-23)20(25)9-7-16-4-2-3-5-18(16)21/h2-6,8,14H,7,9-13H2,1H3. The van der Waals surface area contributed by atoms with Gasteiger partial charge < -0.3 is 4.90 Å². The summed E-state index contributed by atoms with van der Waals surface area (Å²) in [6.07, 6.45) is 0.411. The van der Waals surface area contributed by atoms with Gasteiger partial charge in [-0.15, -0.1) is 0 Å². The molecule has 0 atom stereocenters. The van der Waals surface area contributed by atoms with Crippen LogP contribution in [0.3, 0.4) is 0 Å². The van der Waals surface area contributed by atoms with Crippen molar-refractivity contribution in [3.05, 3.63) is 69.5 Å². The van der Waals surface area contributed by atoms with E-state index in [9.17, 15) is 27.7 Å². The fraction of sp³-hybridized carbons (Fsp3) is 0.350. The normalized spacial score (nSPS) is 15.2. The van der Waals surface area contributed by atoms with Gasteiger partial charge in [0, 0.05) is 44.7 Å². The molecule has 2 aromatic carbocycles. The molecule has 1 aliphatic rings. The molecule has 8 nitrogen and oxygen atoms in total. The SMILES string of the molecule is Cc1ccc([N+](=O)[O-])cc1S(=O)(=O)N1CCN(C(=O)CCc2ccccc2F)CC1. The van der Waals surface area contributed by atoms with E-state index in [1.54, 1.807) is 30.0 Å². The summed E-state index contributed by atoms with van der Waals surface area (Å²) in [5.74, 6) is -0.518. The number of carbonyl (C=O) groups is 1. The smallest absolute Gasteiger partial charge is 0.270 e. The molecule has 0 bridgehead atoms. The topological polar surface area (TPSA) is 101 Å². The average Bonchev–Trinajstić information content (AvgIpc) is 2.73. The summed E-state index contributed by atoms with van der Waals surface area (Å²) in [6.45, 7) is 2.19. The Morgan fingerprint density at radius 1 is 1.13 bits per heavy atom. The average molecular weight is 435 g/mol. The highest BCUT2D eigenvalue weighted by Crippen LogP contribution is 2.25. The highest BCUT2D eigenvalue weighted by Gasteiger charge is 2.32. The van der Waals surface area contributed by atoms with Gasteiger partial charge in [0.15, 0.2) is 0 Å². The maximum atomic E-state index is 13.7. The first-order valence-corrected chi connectivity index (χ1v) is 10.9. The molecule has 3 rings (SSSR count). The second-order valence-corrected chi connectivity index (χ2v) is 8.99. The number of rotatable bonds is 6. The Bertz CT molecular complexity index is 1070. The lowest BCUT2D eigenvalue weighted by atomic mass is 10.1. The first-order chi connectivity index (χ1) is 14.2. The van der Waals surface area contributed by atoms with E-state index in [1.807, 2.05) is 0 Å². The maximum Gasteiger partial charge on any atom is 0.270 e. The third-order valence-corrected chi connectivity index (χ3v) is 7.20. The molecule has 2 aromatic rings. The number of benzene rings is 2. The Balaban J connectivity index is 1.63. The lowest BCUT2D eigenvalue weighted by molar-refractivity contribution is -0.385. The van der Waals surface area contributed by atoms with Crippen LogP contribution in [0.1, 0.15) is 17.5 Å². The molecule has 1 amide bonds. The van der Waals surface area contributed by atoms with Crippen molar-refractivity contribution < 1.29 is 22.5 Å². The van der Waals surface area contributed by atoms with Crippen LogP contribution in [0.15, 0.2) is 47.4 Å². The largest absolute Gasteiger partial charge is 0.340 e. The van der Waals surface area contributed by atoms with E-state index in [0.29, 0.717) is 11.1 Å². The van der Waals surface area contributed by atoms with E-state index in [1.165, 1.54) is 22.5 Å². The third-order valence-electron chi connectivity index (χ3n) is 5.16. The van der Waals surface area contributed by atoms with Gasteiger partial charge in [0.25, 0.3) is 5.69 Å². The zero-order chi connectivity index (χ0) is 21.9. The van der Waals surface area contributed by atoms with Crippen LogP contribution in [-0.2, 0) is 21.2 Å². The molecule has 160 valence electrons. The van der Waals surface area contributed by atoms with Crippen LogP contribution in [0.4, 0.5) is 10.1 Å². The summed E-state index contributed by atoms with van der Waals surface area (Å²) in [7, 11) is -3.92. The minimum atomic E-state index is -3.92. The summed E-state index contributed by atoms with van der Waals surface area (Å²) in [5, 5.41) is 11.0. The number of nitro benzene ring substituents is 1. The van der Waals surface area contributed by atoms with E-state index in [-0.39, 0.29) is 61.3 Å². The van der Waals surface area contributed by atoms with Crippen molar-refractivity contribution in [3.8, 4) is 0 Å². The molecule has 0 radical (unpaired) electrons. The molecule has 10 heteroatoms. The number of non-ortho nitro benzene ring substituents is 1. The highest BCUT2D eigenvalue weighted by atomic mass is 32.2. The van der Waals surface area contributed by atoms with Gasteiger partial charge >= 0.3 is 0 Å². The van der Waals surface area contributed by atoms with E-state index in [2.05, 4.69) is 0 Å². The highest BCUT2D eigenvalue weighted by molar-refractivity contribution is 7.89. The van der Waals surface area contributed by atoms with Crippen molar-refractivity contribution in [2.75, 3.05) is 26.2 Å². The monoisotopic (exact) mass is 435 g/mol. The Morgan fingerprint density at radius 3 is 2.43 bits per heavy atom. The molecule has 0 saturated carbocycles. The minimum Gasteiger partial charge on any atom is -0.340 e. The fourth-order valence-electron chi connectivity index (χ4n) is 3.40. The number of hydrogen-bond acceptors (Lipinski definition) is 5. The van der Waals surface area contributed by atoms with Gasteiger partial charge in [-0.3, -0.25) is 14.9 Å². The van der Waals surface area contributed by atoms with Crippen LogP contribution >= 0.6 is 0 Å². The number of amides is 1. The third kappa shape index (κ3) is 4.65. The molecule has 0 spiro atoms. The number of hydrogen-bond donors (Lipinski definition) is 0. The van der Waals surface area contributed by atoms with Crippen LogP contribution in [-0.4, -0.2) is 54.6 Å². The van der Waals surface area contributed by atoms with Crippen LogP contribution in [0.5, 0.6) is 0 Å². The van der Waals surface area contributed by atoms with Gasteiger partial charge in [-0.2, -0.15) is 4.31 Å². The van der Waals surface area contributed by atoms with E-state index in [0.717, 1.165) is 6.07 Å². The van der Waals surface area contributed by atoms with E-state index >= 15 is 0 Å². The van der Waals surface area contributed by atoms with Crippen molar-refractivity contribution in [2.45, 2.75) is 24.7 Å². The second kappa shape index (κ2) is 8.88.